The molecule has 2 aromatic rings. The molecule has 0 atom stereocenters. The number of carboxylic acids is 1. The number of imidazole rings is 1. The first-order valence-electron chi connectivity index (χ1n) is 5.03. The largest absolute Gasteiger partial charge is 0.490 e. The molecule has 0 saturated heterocycles. The molecule has 0 bridgehead atoms. The Bertz CT molecular complexity index is 479. The maximum absolute atomic E-state index is 10.6. The Morgan fingerprint density at radius 1 is 1.47 bits per heavy atom. The van der Waals surface area contributed by atoms with Gasteiger partial charge in [0, 0.05) is 12.4 Å². The van der Waals surface area contributed by atoms with Crippen molar-refractivity contribution in [2.75, 3.05) is 6.61 Å². The predicted octanol–water partition coefficient (Wildman–Crippen LogP) is 1.06. The van der Waals surface area contributed by atoms with Crippen molar-refractivity contribution in [1.29, 1.82) is 0 Å². The number of nitrogens with zero attached hydrogens (tertiary/aromatic N) is 3. The zero-order valence-corrected chi connectivity index (χ0v) is 8.98. The van der Waals surface area contributed by atoms with Gasteiger partial charge in [0.1, 0.15) is 18.1 Å². The molecule has 0 unspecified atom stereocenters. The van der Waals surface area contributed by atoms with Crippen LogP contribution in [0, 0.1) is 0 Å². The van der Waals surface area contributed by atoms with Crippen LogP contribution in [0.4, 0.5) is 0 Å². The third-order valence-corrected chi connectivity index (χ3v) is 2.13. The summed E-state index contributed by atoms with van der Waals surface area (Å²) < 4.78 is 7.30. The van der Waals surface area contributed by atoms with E-state index in [1.165, 1.54) is 12.3 Å². The minimum atomic E-state index is -1.05. The number of rotatable bonds is 5. The van der Waals surface area contributed by atoms with E-state index in [2.05, 4.69) is 9.97 Å². The van der Waals surface area contributed by atoms with E-state index < -0.39 is 5.97 Å². The molecule has 0 aromatic carbocycles. The van der Waals surface area contributed by atoms with Crippen molar-refractivity contribution in [3.63, 3.8) is 0 Å². The summed E-state index contributed by atoms with van der Waals surface area (Å²) in [5.74, 6) is -0.495. The summed E-state index contributed by atoms with van der Waals surface area (Å²) >= 11 is 0. The minimum absolute atomic E-state index is 0.00644. The van der Waals surface area contributed by atoms with Crippen molar-refractivity contribution < 1.29 is 14.6 Å². The monoisotopic (exact) mass is 233 g/mol. The second-order valence-corrected chi connectivity index (χ2v) is 3.33. The highest BCUT2D eigenvalue weighted by molar-refractivity contribution is 5.85. The molecule has 0 radical (unpaired) electrons. The van der Waals surface area contributed by atoms with Crippen LogP contribution in [0.1, 0.15) is 10.5 Å². The van der Waals surface area contributed by atoms with Gasteiger partial charge in [0.05, 0.1) is 19.1 Å². The molecule has 2 heterocycles. The Hall–Kier alpha value is -2.37. The maximum atomic E-state index is 10.6. The summed E-state index contributed by atoms with van der Waals surface area (Å²) in [5, 5.41) is 8.66. The number of carbonyl (C=O) groups is 1. The van der Waals surface area contributed by atoms with Crippen molar-refractivity contribution in [2.24, 2.45) is 0 Å². The lowest BCUT2D eigenvalue weighted by molar-refractivity contribution is 0.0690. The van der Waals surface area contributed by atoms with Crippen LogP contribution >= 0.6 is 0 Å². The van der Waals surface area contributed by atoms with Gasteiger partial charge < -0.3 is 14.4 Å². The van der Waals surface area contributed by atoms with E-state index >= 15 is 0 Å². The van der Waals surface area contributed by atoms with E-state index in [0.717, 1.165) is 0 Å². The molecular formula is C11H11N3O3. The normalized spacial score (nSPS) is 10.1. The molecule has 0 saturated carbocycles. The number of pyridine rings is 1. The Morgan fingerprint density at radius 3 is 2.94 bits per heavy atom. The number of aromatic nitrogens is 3. The van der Waals surface area contributed by atoms with Crippen LogP contribution in [0.5, 0.6) is 5.75 Å². The van der Waals surface area contributed by atoms with Gasteiger partial charge in [-0.05, 0) is 12.1 Å². The molecule has 6 heteroatoms. The van der Waals surface area contributed by atoms with E-state index in [0.29, 0.717) is 18.9 Å². The smallest absolute Gasteiger partial charge is 0.354 e. The zero-order valence-electron chi connectivity index (χ0n) is 8.98. The van der Waals surface area contributed by atoms with Crippen LogP contribution in [0.3, 0.4) is 0 Å². The third-order valence-electron chi connectivity index (χ3n) is 2.13. The molecule has 0 fully saturated rings. The molecule has 0 aliphatic rings. The van der Waals surface area contributed by atoms with Gasteiger partial charge >= 0.3 is 5.97 Å². The highest BCUT2D eigenvalue weighted by atomic mass is 16.5. The van der Waals surface area contributed by atoms with E-state index in [1.807, 2.05) is 10.8 Å². The van der Waals surface area contributed by atoms with Gasteiger partial charge in [-0.25, -0.2) is 14.8 Å². The van der Waals surface area contributed by atoms with Gasteiger partial charge in [-0.1, -0.05) is 0 Å². The molecule has 0 aliphatic carbocycles. The summed E-state index contributed by atoms with van der Waals surface area (Å²) in [6.07, 6.45) is 6.64. The Kier molecular flexibility index (Phi) is 3.34. The quantitative estimate of drug-likeness (QED) is 0.835. The molecule has 6 nitrogen and oxygen atoms in total. The fraction of sp³-hybridized carbons (Fsp3) is 0.182. The Morgan fingerprint density at radius 2 is 2.35 bits per heavy atom. The maximum Gasteiger partial charge on any atom is 0.354 e. The molecule has 0 spiro atoms. The Balaban J connectivity index is 1.85. The van der Waals surface area contributed by atoms with Crippen molar-refractivity contribution in [3.8, 4) is 5.75 Å². The number of hydrogen-bond acceptors (Lipinski definition) is 4. The predicted molar refractivity (Wildman–Crippen MR) is 58.9 cm³/mol. The van der Waals surface area contributed by atoms with E-state index in [4.69, 9.17) is 9.84 Å². The highest BCUT2D eigenvalue weighted by Gasteiger charge is 2.03. The lowest BCUT2D eigenvalue weighted by atomic mass is 10.3. The average Bonchev–Trinajstić information content (AvgIpc) is 2.83. The summed E-state index contributed by atoms with van der Waals surface area (Å²) in [7, 11) is 0. The number of ether oxygens (including phenoxy) is 1. The molecular weight excluding hydrogens is 222 g/mol. The molecule has 0 aliphatic heterocycles. The lowest BCUT2D eigenvalue weighted by Crippen LogP contribution is -2.07. The molecule has 0 amide bonds. The van der Waals surface area contributed by atoms with Crippen LogP contribution in [-0.2, 0) is 6.54 Å². The summed E-state index contributed by atoms with van der Waals surface area (Å²) in [6.45, 7) is 1.16. The van der Waals surface area contributed by atoms with Crippen molar-refractivity contribution in [1.82, 2.24) is 14.5 Å². The van der Waals surface area contributed by atoms with Crippen LogP contribution in [-0.4, -0.2) is 32.2 Å². The van der Waals surface area contributed by atoms with E-state index in [1.54, 1.807) is 18.6 Å². The van der Waals surface area contributed by atoms with Gasteiger partial charge in [0.2, 0.25) is 0 Å². The molecule has 1 N–H and O–H groups in total. The highest BCUT2D eigenvalue weighted by Crippen LogP contribution is 2.09. The lowest BCUT2D eigenvalue weighted by Gasteiger charge is -2.06. The van der Waals surface area contributed by atoms with Gasteiger partial charge in [0.15, 0.2) is 0 Å². The first kappa shape index (κ1) is 11.1. The SMILES string of the molecule is O=C(O)c1ccc(OCCn2ccnc2)cn1. The van der Waals surface area contributed by atoms with Crippen LogP contribution in [0.2, 0.25) is 0 Å². The van der Waals surface area contributed by atoms with Crippen molar-refractivity contribution >= 4 is 5.97 Å². The summed E-state index contributed by atoms with van der Waals surface area (Å²) in [6, 6.07) is 3.00. The van der Waals surface area contributed by atoms with Crippen molar-refractivity contribution in [2.45, 2.75) is 6.54 Å². The first-order valence-corrected chi connectivity index (χ1v) is 5.03. The van der Waals surface area contributed by atoms with Crippen LogP contribution in [0.15, 0.2) is 37.1 Å². The first-order chi connectivity index (χ1) is 8.25. The fourth-order valence-corrected chi connectivity index (χ4v) is 1.28. The number of hydrogen-bond donors (Lipinski definition) is 1. The van der Waals surface area contributed by atoms with Crippen LogP contribution < -0.4 is 4.74 Å². The molecule has 17 heavy (non-hydrogen) atoms. The second-order valence-electron chi connectivity index (χ2n) is 3.33. The van der Waals surface area contributed by atoms with Gasteiger partial charge in [-0.3, -0.25) is 0 Å². The minimum Gasteiger partial charge on any atom is -0.490 e. The van der Waals surface area contributed by atoms with E-state index in [9.17, 15) is 4.79 Å². The third kappa shape index (κ3) is 3.04. The summed E-state index contributed by atoms with van der Waals surface area (Å²) in [5.41, 5.74) is 0.00644. The average molecular weight is 233 g/mol. The van der Waals surface area contributed by atoms with Gasteiger partial charge in [0.25, 0.3) is 0 Å². The van der Waals surface area contributed by atoms with Gasteiger partial charge in [-0.2, -0.15) is 0 Å². The number of aromatic carboxylic acids is 1. The van der Waals surface area contributed by atoms with Crippen LogP contribution in [0.25, 0.3) is 0 Å². The van der Waals surface area contributed by atoms with Crippen molar-refractivity contribution in [3.05, 3.63) is 42.7 Å². The molecule has 2 aromatic heterocycles. The van der Waals surface area contributed by atoms with E-state index in [-0.39, 0.29) is 5.69 Å². The summed E-state index contributed by atoms with van der Waals surface area (Å²) in [4.78, 5) is 18.2. The topological polar surface area (TPSA) is 77.2 Å². The molecule has 88 valence electrons. The fourth-order valence-electron chi connectivity index (χ4n) is 1.28. The Labute approximate surface area is 97.5 Å². The van der Waals surface area contributed by atoms with Gasteiger partial charge in [-0.15, -0.1) is 0 Å². The standard InChI is InChI=1S/C11H11N3O3/c15-11(16)10-2-1-9(7-13-10)17-6-5-14-4-3-12-8-14/h1-4,7-8H,5-6H2,(H,15,16). The number of carboxylic acid groups (broad SMARTS) is 1. The molecule has 2 rings (SSSR count). The second kappa shape index (κ2) is 5.11. The zero-order chi connectivity index (χ0) is 12.1.